The molecule has 21 heavy (non-hydrogen) atoms. The van der Waals surface area contributed by atoms with Crippen molar-refractivity contribution in [1.29, 1.82) is 0 Å². The number of nitrogens with one attached hydrogen (secondary N) is 1. The van der Waals surface area contributed by atoms with E-state index in [1.165, 1.54) is 25.7 Å². The molecule has 0 spiro atoms. The van der Waals surface area contributed by atoms with E-state index in [0.717, 1.165) is 6.54 Å². The molecule has 1 unspecified atom stereocenters. The zero-order valence-corrected chi connectivity index (χ0v) is 13.9. The summed E-state index contributed by atoms with van der Waals surface area (Å²) in [6.45, 7) is 3.96. The number of rotatable bonds is 8. The molecule has 1 aliphatic rings. The van der Waals surface area contributed by atoms with E-state index in [-0.39, 0.29) is 6.61 Å². The Morgan fingerprint density at radius 3 is 2.71 bits per heavy atom. The van der Waals surface area contributed by atoms with Crippen molar-refractivity contribution in [2.24, 2.45) is 5.41 Å². The molecular formula is C16H23Cl2NO2. The van der Waals surface area contributed by atoms with Crippen LogP contribution in [0.25, 0.3) is 0 Å². The number of halogens is 2. The van der Waals surface area contributed by atoms with Gasteiger partial charge >= 0.3 is 0 Å². The van der Waals surface area contributed by atoms with Crippen LogP contribution in [0.15, 0.2) is 18.2 Å². The van der Waals surface area contributed by atoms with Gasteiger partial charge < -0.3 is 15.2 Å². The SMILES string of the molecule is CCC1(CNCC(O)COc2ccc(Cl)cc2Cl)CCC1. The number of aliphatic hydroxyl groups excluding tert-OH is 1. The van der Waals surface area contributed by atoms with Gasteiger partial charge in [-0.2, -0.15) is 0 Å². The standard InChI is InChI=1S/C16H23Cl2NO2/c1-2-16(6-3-7-16)11-19-9-13(20)10-21-15-5-4-12(17)8-14(15)18/h4-5,8,13,19-20H,2-3,6-7,9-11H2,1H3. The minimum Gasteiger partial charge on any atom is -0.489 e. The maximum Gasteiger partial charge on any atom is 0.138 e. The fraction of sp³-hybridized carbons (Fsp3) is 0.625. The van der Waals surface area contributed by atoms with Gasteiger partial charge in [-0.1, -0.05) is 36.5 Å². The van der Waals surface area contributed by atoms with Crippen molar-refractivity contribution in [3.05, 3.63) is 28.2 Å². The molecule has 0 bridgehead atoms. The van der Waals surface area contributed by atoms with Gasteiger partial charge in [0.1, 0.15) is 18.5 Å². The van der Waals surface area contributed by atoms with Crippen molar-refractivity contribution in [2.45, 2.75) is 38.7 Å². The molecule has 2 rings (SSSR count). The van der Waals surface area contributed by atoms with E-state index in [1.807, 2.05) is 0 Å². The van der Waals surface area contributed by atoms with Crippen LogP contribution in [0.3, 0.4) is 0 Å². The zero-order chi connectivity index (χ0) is 15.3. The third-order valence-corrected chi connectivity index (χ3v) is 4.90. The Kier molecular flexibility index (Phi) is 6.18. The molecule has 0 radical (unpaired) electrons. The maximum atomic E-state index is 9.96. The van der Waals surface area contributed by atoms with E-state index in [1.54, 1.807) is 18.2 Å². The van der Waals surface area contributed by atoms with E-state index in [2.05, 4.69) is 12.2 Å². The Hall–Kier alpha value is -0.480. The predicted octanol–water partition coefficient (Wildman–Crippen LogP) is 3.90. The van der Waals surface area contributed by atoms with Crippen molar-refractivity contribution in [1.82, 2.24) is 5.32 Å². The Bertz CT molecular complexity index is 458. The highest BCUT2D eigenvalue weighted by molar-refractivity contribution is 6.35. The highest BCUT2D eigenvalue weighted by Gasteiger charge is 2.34. The molecule has 0 amide bonds. The van der Waals surface area contributed by atoms with Crippen LogP contribution in [0.1, 0.15) is 32.6 Å². The summed E-state index contributed by atoms with van der Waals surface area (Å²) in [6.07, 6.45) is 4.57. The van der Waals surface area contributed by atoms with Gasteiger partial charge in [0.05, 0.1) is 5.02 Å². The highest BCUT2D eigenvalue weighted by atomic mass is 35.5. The lowest BCUT2D eigenvalue weighted by Crippen LogP contribution is -2.42. The number of hydrogen-bond acceptors (Lipinski definition) is 3. The normalized spacial score (nSPS) is 18.1. The predicted molar refractivity (Wildman–Crippen MR) is 87.4 cm³/mol. The second-order valence-electron chi connectivity index (χ2n) is 5.88. The van der Waals surface area contributed by atoms with Crippen LogP contribution in [0, 0.1) is 5.41 Å². The van der Waals surface area contributed by atoms with Gasteiger partial charge in [-0.15, -0.1) is 0 Å². The van der Waals surface area contributed by atoms with Gasteiger partial charge in [0.25, 0.3) is 0 Å². The third-order valence-electron chi connectivity index (χ3n) is 4.37. The summed E-state index contributed by atoms with van der Waals surface area (Å²) in [5.41, 5.74) is 0.458. The van der Waals surface area contributed by atoms with Gasteiger partial charge in [0, 0.05) is 18.1 Å². The molecule has 5 heteroatoms. The first-order valence-electron chi connectivity index (χ1n) is 7.51. The van der Waals surface area contributed by atoms with Gasteiger partial charge in [0.2, 0.25) is 0 Å². The number of ether oxygens (including phenoxy) is 1. The molecule has 1 aromatic rings. The largest absolute Gasteiger partial charge is 0.489 e. The van der Waals surface area contributed by atoms with E-state index in [9.17, 15) is 5.11 Å². The Morgan fingerprint density at radius 2 is 2.14 bits per heavy atom. The Morgan fingerprint density at radius 1 is 1.38 bits per heavy atom. The van der Waals surface area contributed by atoms with Crippen molar-refractivity contribution in [3.63, 3.8) is 0 Å². The van der Waals surface area contributed by atoms with Crippen LogP contribution >= 0.6 is 23.2 Å². The average Bonchev–Trinajstić information content (AvgIpc) is 2.41. The van der Waals surface area contributed by atoms with Gasteiger partial charge in [-0.05, 0) is 42.9 Å². The molecule has 0 heterocycles. The minimum absolute atomic E-state index is 0.216. The number of hydrogen-bond donors (Lipinski definition) is 2. The summed E-state index contributed by atoms with van der Waals surface area (Å²) in [7, 11) is 0. The Balaban J connectivity index is 1.68. The van der Waals surface area contributed by atoms with Crippen LogP contribution in [-0.2, 0) is 0 Å². The summed E-state index contributed by atoms with van der Waals surface area (Å²) in [4.78, 5) is 0. The first-order chi connectivity index (χ1) is 10.0. The van der Waals surface area contributed by atoms with Crippen LogP contribution < -0.4 is 10.1 Å². The summed E-state index contributed by atoms with van der Waals surface area (Å²) in [5.74, 6) is 0.545. The second-order valence-corrected chi connectivity index (χ2v) is 6.72. The average molecular weight is 332 g/mol. The molecule has 3 nitrogen and oxygen atoms in total. The fourth-order valence-corrected chi connectivity index (χ4v) is 3.14. The first kappa shape index (κ1) is 16.9. The Labute approximate surface area is 136 Å². The van der Waals surface area contributed by atoms with Crippen LogP contribution in [0.4, 0.5) is 0 Å². The lowest BCUT2D eigenvalue weighted by Gasteiger charge is -2.41. The van der Waals surface area contributed by atoms with Crippen LogP contribution in [0.5, 0.6) is 5.75 Å². The summed E-state index contributed by atoms with van der Waals surface area (Å²) in [6, 6.07) is 5.06. The monoisotopic (exact) mass is 331 g/mol. The fourth-order valence-electron chi connectivity index (χ4n) is 2.67. The minimum atomic E-state index is -0.550. The molecule has 0 saturated heterocycles. The summed E-state index contributed by atoms with van der Waals surface area (Å²) >= 11 is 11.8. The summed E-state index contributed by atoms with van der Waals surface area (Å²) < 4.78 is 5.52. The number of benzene rings is 1. The van der Waals surface area contributed by atoms with Crippen molar-refractivity contribution >= 4 is 23.2 Å². The van der Waals surface area contributed by atoms with E-state index in [4.69, 9.17) is 27.9 Å². The molecule has 1 aliphatic carbocycles. The molecule has 2 N–H and O–H groups in total. The first-order valence-corrected chi connectivity index (χ1v) is 8.27. The van der Waals surface area contributed by atoms with Gasteiger partial charge in [0.15, 0.2) is 0 Å². The van der Waals surface area contributed by atoms with Crippen molar-refractivity contribution < 1.29 is 9.84 Å². The van der Waals surface area contributed by atoms with Crippen molar-refractivity contribution in [3.8, 4) is 5.75 Å². The lowest BCUT2D eigenvalue weighted by atomic mass is 9.67. The second kappa shape index (κ2) is 7.68. The van der Waals surface area contributed by atoms with Crippen LogP contribution in [0.2, 0.25) is 10.0 Å². The third kappa shape index (κ3) is 4.75. The zero-order valence-electron chi connectivity index (χ0n) is 12.4. The number of aliphatic hydroxyl groups is 1. The molecule has 1 atom stereocenters. The van der Waals surface area contributed by atoms with E-state index >= 15 is 0 Å². The van der Waals surface area contributed by atoms with Crippen molar-refractivity contribution in [2.75, 3.05) is 19.7 Å². The molecular weight excluding hydrogens is 309 g/mol. The van der Waals surface area contributed by atoms with Gasteiger partial charge in [-0.3, -0.25) is 0 Å². The molecule has 0 aromatic heterocycles. The topological polar surface area (TPSA) is 41.5 Å². The summed E-state index contributed by atoms with van der Waals surface area (Å²) in [5, 5.41) is 14.3. The maximum absolute atomic E-state index is 9.96. The molecule has 118 valence electrons. The molecule has 1 aromatic carbocycles. The quantitative estimate of drug-likeness (QED) is 0.759. The molecule has 1 fully saturated rings. The van der Waals surface area contributed by atoms with Crippen LogP contribution in [-0.4, -0.2) is 30.9 Å². The lowest BCUT2D eigenvalue weighted by molar-refractivity contribution is 0.0870. The van der Waals surface area contributed by atoms with E-state index in [0.29, 0.717) is 27.8 Å². The highest BCUT2D eigenvalue weighted by Crippen LogP contribution is 2.42. The van der Waals surface area contributed by atoms with Gasteiger partial charge in [-0.25, -0.2) is 0 Å². The van der Waals surface area contributed by atoms with E-state index < -0.39 is 6.10 Å². The smallest absolute Gasteiger partial charge is 0.138 e. The molecule has 1 saturated carbocycles. The molecule has 0 aliphatic heterocycles.